The van der Waals surface area contributed by atoms with Crippen LogP contribution in [0, 0.1) is 5.92 Å². The molecular weight excluding hydrogens is 737 g/mol. The van der Waals surface area contributed by atoms with Crippen LogP contribution in [0.25, 0.3) is 21.9 Å². The maximum Gasteiger partial charge on any atom is 0.433 e. The van der Waals surface area contributed by atoms with Gasteiger partial charge in [-0.3, -0.25) is 33.5 Å². The number of hydrogen-bond donors (Lipinski definition) is 2. The number of anilines is 1. The Morgan fingerprint density at radius 3 is 2.47 bits per heavy atom. The summed E-state index contributed by atoms with van der Waals surface area (Å²) >= 11 is 7.02. The predicted octanol–water partition coefficient (Wildman–Crippen LogP) is 6.60. The Morgan fingerprint density at radius 1 is 0.982 bits per heavy atom. The van der Waals surface area contributed by atoms with Crippen molar-refractivity contribution in [3.63, 3.8) is 0 Å². The highest BCUT2D eigenvalue weighted by Gasteiger charge is 2.34. The number of likely N-dealkylation sites (tertiary alicyclic amines) is 1. The second-order valence-corrected chi connectivity index (χ2v) is 15.4. The van der Waals surface area contributed by atoms with Gasteiger partial charge < -0.3 is 10.2 Å². The number of piperidine rings is 2. The molecule has 288 valence electrons. The number of amides is 3. The second kappa shape index (κ2) is 14.6. The standard InChI is InChI=1S/C39H40ClF3N8O4/c1-48-35-30(51(38(48)55)31-13-14-33(52)46-37(31)54)12-10-27(34(35)40)23-15-17-49(18-16-23)20-22-5-8-26(9-6-22)50-21-24-19-25(7-11-28(24)47-50)44-36(53)29-3-2-4-32(45-29)39(41,42)43/h2-4,7,10-12,19,21-23,26,31H,5-6,8-9,13-18,20H2,1H3,(H,44,53)(H,46,52,54)/t22-,26-,31?. The molecule has 2 saturated heterocycles. The minimum absolute atomic E-state index is 0.177. The number of aromatic nitrogens is 5. The van der Waals surface area contributed by atoms with Gasteiger partial charge in [-0.15, -0.1) is 0 Å². The maximum atomic E-state index is 13.3. The number of carbonyl (C=O) groups excluding carboxylic acids is 3. The number of nitrogens with zero attached hydrogens (tertiary/aromatic N) is 6. The molecule has 0 radical (unpaired) electrons. The highest BCUT2D eigenvalue weighted by Crippen LogP contribution is 2.39. The molecule has 3 amide bonds. The lowest BCUT2D eigenvalue weighted by molar-refractivity contribution is -0.141. The first-order valence-electron chi connectivity index (χ1n) is 18.6. The maximum absolute atomic E-state index is 13.3. The molecule has 12 nitrogen and oxygen atoms in total. The normalized spacial score (nSPS) is 21.7. The third-order valence-electron chi connectivity index (χ3n) is 11.5. The highest BCUT2D eigenvalue weighted by atomic mass is 35.5. The molecule has 3 aliphatic rings. The average Bonchev–Trinajstić information content (AvgIpc) is 3.70. The van der Waals surface area contributed by atoms with Crippen LogP contribution in [0.1, 0.15) is 91.1 Å². The van der Waals surface area contributed by atoms with Crippen molar-refractivity contribution in [1.82, 2.24) is 34.1 Å². The van der Waals surface area contributed by atoms with E-state index in [2.05, 4.69) is 20.5 Å². The molecule has 2 aliphatic heterocycles. The number of carbonyl (C=O) groups is 3. The third-order valence-corrected chi connectivity index (χ3v) is 11.9. The summed E-state index contributed by atoms with van der Waals surface area (Å²) in [5, 5.41) is 11.2. The lowest BCUT2D eigenvalue weighted by Gasteiger charge is -2.37. The number of fused-ring (bicyclic) bond motifs is 2. The van der Waals surface area contributed by atoms with Crippen molar-refractivity contribution >= 4 is 56.9 Å². The number of halogens is 4. The van der Waals surface area contributed by atoms with Gasteiger partial charge in [0.15, 0.2) is 0 Å². The summed E-state index contributed by atoms with van der Waals surface area (Å²) in [4.78, 5) is 56.3. The smallest absolute Gasteiger partial charge is 0.321 e. The fraction of sp³-hybridized carbons (Fsp3) is 0.436. The number of rotatable bonds is 7. The van der Waals surface area contributed by atoms with Crippen molar-refractivity contribution in [1.29, 1.82) is 0 Å². The minimum atomic E-state index is -4.64. The molecule has 1 unspecified atom stereocenters. The Hall–Kier alpha value is -5.02. The Balaban J connectivity index is 0.850. The van der Waals surface area contributed by atoms with Crippen LogP contribution in [-0.2, 0) is 22.8 Å². The van der Waals surface area contributed by atoms with Crippen molar-refractivity contribution < 1.29 is 27.6 Å². The predicted molar refractivity (Wildman–Crippen MR) is 200 cm³/mol. The number of pyridine rings is 1. The monoisotopic (exact) mass is 776 g/mol. The molecule has 8 rings (SSSR count). The van der Waals surface area contributed by atoms with E-state index in [-0.39, 0.29) is 42.1 Å². The molecule has 5 aromatic rings. The van der Waals surface area contributed by atoms with E-state index in [0.717, 1.165) is 86.8 Å². The summed E-state index contributed by atoms with van der Waals surface area (Å²) in [5.41, 5.74) is 1.66. The molecule has 1 saturated carbocycles. The van der Waals surface area contributed by atoms with Gasteiger partial charge in [0, 0.05) is 37.3 Å². The van der Waals surface area contributed by atoms with E-state index in [1.165, 1.54) is 15.2 Å². The van der Waals surface area contributed by atoms with Gasteiger partial charge >= 0.3 is 11.9 Å². The summed E-state index contributed by atoms with van der Waals surface area (Å²) in [5.74, 6) is -0.704. The van der Waals surface area contributed by atoms with Gasteiger partial charge in [0.2, 0.25) is 11.8 Å². The summed E-state index contributed by atoms with van der Waals surface area (Å²) in [6, 6.07) is 11.8. The summed E-state index contributed by atoms with van der Waals surface area (Å²) in [6.45, 7) is 2.92. The van der Waals surface area contributed by atoms with Crippen LogP contribution < -0.4 is 16.3 Å². The van der Waals surface area contributed by atoms with Crippen LogP contribution >= 0.6 is 11.6 Å². The first-order valence-corrected chi connectivity index (χ1v) is 19.0. The lowest BCUT2D eigenvalue weighted by Crippen LogP contribution is -2.44. The van der Waals surface area contributed by atoms with Gasteiger partial charge in [0.05, 0.1) is 27.6 Å². The van der Waals surface area contributed by atoms with Crippen LogP contribution in [0.2, 0.25) is 5.02 Å². The third kappa shape index (κ3) is 7.27. The van der Waals surface area contributed by atoms with Gasteiger partial charge in [-0.05, 0) is 112 Å². The van der Waals surface area contributed by atoms with E-state index in [1.54, 1.807) is 25.2 Å². The zero-order chi connectivity index (χ0) is 38.6. The molecule has 55 heavy (non-hydrogen) atoms. The van der Waals surface area contributed by atoms with Crippen LogP contribution in [0.5, 0.6) is 0 Å². The van der Waals surface area contributed by atoms with Crippen molar-refractivity contribution in [2.45, 2.75) is 75.5 Å². The van der Waals surface area contributed by atoms with Crippen molar-refractivity contribution in [2.24, 2.45) is 13.0 Å². The minimum Gasteiger partial charge on any atom is -0.321 e. The van der Waals surface area contributed by atoms with Crippen LogP contribution in [0.15, 0.2) is 59.5 Å². The first-order chi connectivity index (χ1) is 26.3. The van der Waals surface area contributed by atoms with Crippen LogP contribution in [0.4, 0.5) is 18.9 Å². The fourth-order valence-electron chi connectivity index (χ4n) is 8.60. The van der Waals surface area contributed by atoms with Crippen LogP contribution in [-0.4, -0.2) is 66.2 Å². The second-order valence-electron chi connectivity index (χ2n) is 15.0. The van der Waals surface area contributed by atoms with E-state index in [1.807, 2.05) is 23.0 Å². The zero-order valence-corrected chi connectivity index (χ0v) is 30.9. The Bertz CT molecular complexity index is 2370. The Labute approximate surface area is 318 Å². The van der Waals surface area contributed by atoms with E-state index >= 15 is 0 Å². The molecule has 2 N–H and O–H groups in total. The van der Waals surface area contributed by atoms with Crippen LogP contribution in [0.3, 0.4) is 0 Å². The molecule has 5 heterocycles. The number of imidazole rings is 1. The molecule has 16 heteroatoms. The zero-order valence-electron chi connectivity index (χ0n) is 30.1. The number of aryl methyl sites for hydroxylation is 1. The van der Waals surface area contributed by atoms with Gasteiger partial charge in [0.25, 0.3) is 5.91 Å². The van der Waals surface area contributed by atoms with Gasteiger partial charge in [-0.1, -0.05) is 23.7 Å². The van der Waals surface area contributed by atoms with Gasteiger partial charge in [-0.25, -0.2) is 9.78 Å². The molecule has 1 aliphatic carbocycles. The topological polar surface area (TPSA) is 136 Å². The molecule has 0 spiro atoms. The molecule has 3 fully saturated rings. The summed E-state index contributed by atoms with van der Waals surface area (Å²) in [7, 11) is 1.67. The highest BCUT2D eigenvalue weighted by molar-refractivity contribution is 6.36. The number of alkyl halides is 3. The van der Waals surface area contributed by atoms with Crippen molar-refractivity contribution in [3.8, 4) is 0 Å². The van der Waals surface area contributed by atoms with E-state index in [0.29, 0.717) is 27.7 Å². The number of benzene rings is 2. The number of nitrogens with one attached hydrogen (secondary N) is 2. The summed E-state index contributed by atoms with van der Waals surface area (Å²) < 4.78 is 44.2. The largest absolute Gasteiger partial charge is 0.433 e. The molecule has 2 aromatic carbocycles. The van der Waals surface area contributed by atoms with Crippen molar-refractivity contribution in [2.75, 3.05) is 25.0 Å². The molecule has 1 atom stereocenters. The van der Waals surface area contributed by atoms with E-state index < -0.39 is 29.7 Å². The van der Waals surface area contributed by atoms with Crippen molar-refractivity contribution in [3.05, 3.63) is 87.2 Å². The van der Waals surface area contributed by atoms with Gasteiger partial charge in [0.1, 0.15) is 17.4 Å². The lowest BCUT2D eigenvalue weighted by atomic mass is 9.84. The molecular formula is C39H40ClF3N8O4. The Kier molecular flexibility index (Phi) is 9.78. The first kappa shape index (κ1) is 36.9. The average molecular weight is 777 g/mol. The van der Waals surface area contributed by atoms with E-state index in [4.69, 9.17) is 16.7 Å². The quantitative estimate of drug-likeness (QED) is 0.178. The fourth-order valence-corrected chi connectivity index (χ4v) is 9.04. The Morgan fingerprint density at radius 2 is 1.75 bits per heavy atom. The molecule has 3 aromatic heterocycles. The number of hydrogen-bond acceptors (Lipinski definition) is 7. The van der Waals surface area contributed by atoms with Gasteiger partial charge in [-0.2, -0.15) is 18.3 Å². The summed E-state index contributed by atoms with van der Waals surface area (Å²) in [6.07, 6.45) is 3.80. The SMILES string of the molecule is Cn1c(=O)n(C2CCC(=O)NC2=O)c2ccc(C3CCN(C[C@H]4CC[C@H](n5cc6cc(NC(=O)c7cccc(C(F)(F)F)n7)ccc6n5)CC4)CC3)c(Cl)c21. The van der Waals surface area contributed by atoms with E-state index in [9.17, 15) is 32.3 Å². The molecule has 0 bridgehead atoms. The number of imide groups is 1.